The van der Waals surface area contributed by atoms with Gasteiger partial charge in [-0.25, -0.2) is 4.79 Å². The minimum Gasteiger partial charge on any atom is -0.459 e. The molecule has 1 atom stereocenters. The Labute approximate surface area is 164 Å². The number of carbonyl (C=O) groups excluding carboxylic acids is 1. The average molecular weight is 374 g/mol. The number of ether oxygens (including phenoxy) is 1. The van der Waals surface area contributed by atoms with Gasteiger partial charge in [-0.2, -0.15) is 0 Å². The van der Waals surface area contributed by atoms with Crippen molar-refractivity contribution in [1.82, 2.24) is 0 Å². The van der Waals surface area contributed by atoms with Crippen molar-refractivity contribution in [2.45, 2.75) is 6.10 Å². The molecule has 0 aliphatic carbocycles. The van der Waals surface area contributed by atoms with Crippen LogP contribution < -0.4 is 0 Å². The molecule has 0 spiro atoms. The smallest absolute Gasteiger partial charge is 0.339 e. The van der Waals surface area contributed by atoms with Gasteiger partial charge in [-0.15, -0.1) is 0 Å². The zero-order chi connectivity index (χ0) is 19.8. The van der Waals surface area contributed by atoms with Gasteiger partial charge >= 0.3 is 5.97 Å². The van der Waals surface area contributed by atoms with E-state index in [9.17, 15) is 9.90 Å². The van der Waals surface area contributed by atoms with Crippen LogP contribution in [-0.2, 0) is 9.53 Å². The van der Waals surface area contributed by atoms with Crippen LogP contribution in [0.1, 0.15) is 16.7 Å². The van der Waals surface area contributed by atoms with E-state index in [4.69, 9.17) is 9.84 Å². The molecule has 28 heavy (non-hydrogen) atoms. The van der Waals surface area contributed by atoms with Crippen LogP contribution in [0, 0.1) is 0 Å². The number of hydrogen-bond donors (Lipinski definition) is 2. The molecule has 142 valence electrons. The molecular weight excluding hydrogens is 352 g/mol. The molecule has 0 heterocycles. The normalized spacial score (nSPS) is 11.5. The average Bonchev–Trinajstić information content (AvgIpc) is 2.77. The van der Waals surface area contributed by atoms with Crippen molar-refractivity contribution >= 4 is 17.1 Å². The van der Waals surface area contributed by atoms with E-state index < -0.39 is 18.7 Å². The maximum absolute atomic E-state index is 13.1. The van der Waals surface area contributed by atoms with E-state index in [0.29, 0.717) is 11.1 Å². The fourth-order valence-electron chi connectivity index (χ4n) is 2.93. The number of aliphatic hydroxyl groups excluding tert-OH is 2. The topological polar surface area (TPSA) is 66.8 Å². The van der Waals surface area contributed by atoms with Crippen molar-refractivity contribution < 1.29 is 19.7 Å². The van der Waals surface area contributed by atoms with Gasteiger partial charge in [-0.3, -0.25) is 0 Å². The fraction of sp³-hybridized carbons (Fsp3) is 0.125. The zero-order valence-electron chi connectivity index (χ0n) is 15.4. The summed E-state index contributed by atoms with van der Waals surface area (Å²) < 4.78 is 5.33. The molecule has 3 rings (SSSR count). The Morgan fingerprint density at radius 3 is 1.61 bits per heavy atom. The maximum Gasteiger partial charge on any atom is 0.339 e. The molecule has 0 saturated heterocycles. The van der Waals surface area contributed by atoms with Gasteiger partial charge in [0.05, 0.1) is 12.2 Å². The fourth-order valence-corrected chi connectivity index (χ4v) is 2.93. The highest BCUT2D eigenvalue weighted by Gasteiger charge is 2.22. The van der Waals surface area contributed by atoms with Gasteiger partial charge in [0.2, 0.25) is 0 Å². The Morgan fingerprint density at radius 2 is 1.18 bits per heavy atom. The van der Waals surface area contributed by atoms with Crippen LogP contribution >= 0.6 is 0 Å². The minimum absolute atomic E-state index is 0.275. The summed E-state index contributed by atoms with van der Waals surface area (Å²) in [4.78, 5) is 13.1. The molecule has 0 saturated carbocycles. The Morgan fingerprint density at radius 1 is 0.750 bits per heavy atom. The number of rotatable bonds is 7. The van der Waals surface area contributed by atoms with Crippen LogP contribution in [0.25, 0.3) is 11.1 Å². The number of benzene rings is 3. The lowest BCUT2D eigenvalue weighted by Crippen LogP contribution is -2.22. The van der Waals surface area contributed by atoms with Gasteiger partial charge in [-0.1, -0.05) is 91.0 Å². The van der Waals surface area contributed by atoms with E-state index in [1.807, 2.05) is 91.0 Å². The first-order valence-electron chi connectivity index (χ1n) is 9.07. The van der Waals surface area contributed by atoms with Crippen molar-refractivity contribution in [1.29, 1.82) is 0 Å². The van der Waals surface area contributed by atoms with Gasteiger partial charge in [0.1, 0.15) is 12.7 Å². The van der Waals surface area contributed by atoms with E-state index in [2.05, 4.69) is 0 Å². The molecule has 0 amide bonds. The minimum atomic E-state index is -1.11. The van der Waals surface area contributed by atoms with E-state index in [0.717, 1.165) is 16.7 Å². The van der Waals surface area contributed by atoms with Crippen molar-refractivity contribution in [3.8, 4) is 0 Å². The Bertz CT molecular complexity index is 877. The predicted octanol–water partition coefficient (Wildman–Crippen LogP) is 3.54. The van der Waals surface area contributed by atoms with Crippen molar-refractivity contribution in [3.05, 3.63) is 108 Å². The lowest BCUT2D eigenvalue weighted by Gasteiger charge is -2.17. The summed E-state index contributed by atoms with van der Waals surface area (Å²) >= 11 is 0. The molecule has 0 bridgehead atoms. The summed E-state index contributed by atoms with van der Waals surface area (Å²) in [5.74, 6) is -0.554. The van der Waals surface area contributed by atoms with Gasteiger partial charge in [0.15, 0.2) is 0 Å². The molecule has 1 unspecified atom stereocenters. The van der Waals surface area contributed by atoms with E-state index in [1.165, 1.54) is 0 Å². The molecule has 0 aliphatic heterocycles. The zero-order valence-corrected chi connectivity index (χ0v) is 15.4. The first-order valence-corrected chi connectivity index (χ1v) is 9.07. The third-order valence-electron chi connectivity index (χ3n) is 4.26. The molecule has 0 aliphatic rings. The largest absolute Gasteiger partial charge is 0.459 e. The second kappa shape index (κ2) is 9.65. The van der Waals surface area contributed by atoms with Crippen molar-refractivity contribution in [3.63, 3.8) is 0 Å². The highest BCUT2D eigenvalue weighted by Crippen LogP contribution is 2.33. The molecular formula is C24H22O4. The first-order chi connectivity index (χ1) is 13.7. The lowest BCUT2D eigenvalue weighted by molar-refractivity contribution is -0.140. The molecule has 2 N–H and O–H groups in total. The van der Waals surface area contributed by atoms with Crippen molar-refractivity contribution in [2.24, 2.45) is 0 Å². The Kier molecular flexibility index (Phi) is 6.73. The number of hydrogen-bond acceptors (Lipinski definition) is 4. The van der Waals surface area contributed by atoms with Crippen LogP contribution in [0.4, 0.5) is 0 Å². The molecule has 4 heteroatoms. The third-order valence-corrected chi connectivity index (χ3v) is 4.26. The first kappa shape index (κ1) is 19.5. The molecule has 3 aromatic rings. The second-order valence-corrected chi connectivity index (χ2v) is 6.28. The van der Waals surface area contributed by atoms with Gasteiger partial charge in [0, 0.05) is 5.57 Å². The highest BCUT2D eigenvalue weighted by atomic mass is 16.5. The number of carbonyl (C=O) groups is 1. The molecule has 0 radical (unpaired) electrons. The van der Waals surface area contributed by atoms with Crippen LogP contribution in [0.15, 0.2) is 91.0 Å². The lowest BCUT2D eigenvalue weighted by atomic mass is 9.89. The summed E-state index contributed by atoms with van der Waals surface area (Å²) in [5.41, 5.74) is 3.63. The predicted molar refractivity (Wildman–Crippen MR) is 109 cm³/mol. The van der Waals surface area contributed by atoms with Crippen LogP contribution in [0.5, 0.6) is 0 Å². The molecule has 4 nitrogen and oxygen atoms in total. The summed E-state index contributed by atoms with van der Waals surface area (Å²) in [6, 6.07) is 28.6. The van der Waals surface area contributed by atoms with E-state index in [1.54, 1.807) is 0 Å². The second-order valence-electron chi connectivity index (χ2n) is 6.28. The van der Waals surface area contributed by atoms with Gasteiger partial charge in [-0.05, 0) is 16.7 Å². The monoisotopic (exact) mass is 374 g/mol. The molecule has 0 aromatic heterocycles. The third kappa shape index (κ3) is 4.74. The summed E-state index contributed by atoms with van der Waals surface area (Å²) in [5, 5.41) is 18.6. The molecule has 0 fully saturated rings. The number of aliphatic hydroxyl groups is 2. The van der Waals surface area contributed by atoms with Crippen LogP contribution in [0.3, 0.4) is 0 Å². The SMILES string of the molecule is O=C(OCC(O)CO)C(=C(c1ccccc1)c1ccccc1)c1ccccc1. The van der Waals surface area contributed by atoms with Crippen LogP contribution in [0.2, 0.25) is 0 Å². The standard InChI is InChI=1S/C24H22O4/c25-16-21(26)17-28-24(27)23(20-14-8-3-9-15-20)22(18-10-4-1-5-11-18)19-12-6-2-7-13-19/h1-15,21,25-26H,16-17H2. The van der Waals surface area contributed by atoms with E-state index >= 15 is 0 Å². The van der Waals surface area contributed by atoms with Gasteiger partial charge in [0.25, 0.3) is 0 Å². The quantitative estimate of drug-likeness (QED) is 0.377. The number of esters is 1. The Balaban J connectivity index is 2.20. The summed E-state index contributed by atoms with van der Waals surface area (Å²) in [6.45, 7) is -0.746. The summed E-state index contributed by atoms with van der Waals surface area (Å²) in [6.07, 6.45) is -1.11. The van der Waals surface area contributed by atoms with Crippen LogP contribution in [-0.4, -0.2) is 35.5 Å². The van der Waals surface area contributed by atoms with E-state index in [-0.39, 0.29) is 6.61 Å². The van der Waals surface area contributed by atoms with Crippen molar-refractivity contribution in [2.75, 3.05) is 13.2 Å². The Hall–Kier alpha value is -3.21. The van der Waals surface area contributed by atoms with Gasteiger partial charge < -0.3 is 14.9 Å². The highest BCUT2D eigenvalue weighted by molar-refractivity contribution is 6.26. The molecule has 3 aromatic carbocycles. The summed E-state index contributed by atoms with van der Waals surface area (Å²) in [7, 11) is 0. The maximum atomic E-state index is 13.1.